The standard InChI is InChI=1S/C22H23N3O2S2/c1-2-14-25-21(17-28-22(25)23-19-8-4-3-5-9-19)18-10-12-20(13-11-18)29(26,27)24-15-6-7-16-24/h2-5,8-13,17H,1,6-7,14-16H2. The highest BCUT2D eigenvalue weighted by Gasteiger charge is 2.27. The lowest BCUT2D eigenvalue weighted by Gasteiger charge is -2.15. The van der Waals surface area contributed by atoms with Gasteiger partial charge in [0.15, 0.2) is 4.80 Å². The van der Waals surface area contributed by atoms with E-state index in [1.54, 1.807) is 27.8 Å². The molecule has 0 spiro atoms. The summed E-state index contributed by atoms with van der Waals surface area (Å²) in [5.41, 5.74) is 2.85. The Bertz CT molecular complexity index is 1150. The minimum absolute atomic E-state index is 0.350. The molecule has 0 radical (unpaired) electrons. The van der Waals surface area contributed by atoms with E-state index < -0.39 is 10.0 Å². The lowest BCUT2D eigenvalue weighted by Crippen LogP contribution is -2.27. The van der Waals surface area contributed by atoms with Crippen molar-refractivity contribution in [3.8, 4) is 11.3 Å². The average Bonchev–Trinajstić information content (AvgIpc) is 3.41. The molecule has 1 fully saturated rings. The predicted octanol–water partition coefficient (Wildman–Crippen LogP) is 4.42. The molecule has 0 amide bonds. The van der Waals surface area contributed by atoms with Gasteiger partial charge in [0.2, 0.25) is 10.0 Å². The zero-order valence-corrected chi connectivity index (χ0v) is 17.7. The third-order valence-electron chi connectivity index (χ3n) is 4.94. The van der Waals surface area contributed by atoms with Crippen molar-refractivity contribution in [1.29, 1.82) is 0 Å². The van der Waals surface area contributed by atoms with Gasteiger partial charge in [0, 0.05) is 25.0 Å². The average molecular weight is 426 g/mol. The fourth-order valence-electron chi connectivity index (χ4n) is 3.44. The number of benzene rings is 2. The first kappa shape index (κ1) is 19.8. The molecule has 150 valence electrons. The van der Waals surface area contributed by atoms with Crippen LogP contribution in [-0.2, 0) is 16.6 Å². The van der Waals surface area contributed by atoms with Gasteiger partial charge in [-0.15, -0.1) is 17.9 Å². The number of hydrogen-bond acceptors (Lipinski definition) is 4. The predicted molar refractivity (Wildman–Crippen MR) is 118 cm³/mol. The summed E-state index contributed by atoms with van der Waals surface area (Å²) in [6.07, 6.45) is 3.70. The maximum absolute atomic E-state index is 12.8. The third kappa shape index (κ3) is 4.12. The molecule has 4 rings (SSSR count). The normalized spacial score (nSPS) is 15.7. The molecule has 0 aliphatic carbocycles. The van der Waals surface area contributed by atoms with Crippen molar-refractivity contribution in [3.05, 3.63) is 77.4 Å². The van der Waals surface area contributed by atoms with E-state index in [1.165, 1.54) is 0 Å². The highest BCUT2D eigenvalue weighted by Crippen LogP contribution is 2.25. The van der Waals surface area contributed by atoms with Crippen LogP contribution in [0, 0.1) is 0 Å². The topological polar surface area (TPSA) is 54.7 Å². The zero-order valence-electron chi connectivity index (χ0n) is 16.1. The van der Waals surface area contributed by atoms with Gasteiger partial charge in [0.1, 0.15) is 0 Å². The summed E-state index contributed by atoms with van der Waals surface area (Å²) in [5, 5.41) is 2.05. The van der Waals surface area contributed by atoms with Crippen molar-refractivity contribution in [2.75, 3.05) is 13.1 Å². The molecule has 0 atom stereocenters. The van der Waals surface area contributed by atoms with E-state index in [0.717, 1.165) is 34.6 Å². The lowest BCUT2D eigenvalue weighted by molar-refractivity contribution is 0.477. The van der Waals surface area contributed by atoms with Gasteiger partial charge in [-0.2, -0.15) is 4.31 Å². The van der Waals surface area contributed by atoms with Crippen LogP contribution >= 0.6 is 11.3 Å². The molecule has 1 aromatic heterocycles. The summed E-state index contributed by atoms with van der Waals surface area (Å²) >= 11 is 1.56. The van der Waals surface area contributed by atoms with Crippen molar-refractivity contribution in [3.63, 3.8) is 0 Å². The number of aromatic nitrogens is 1. The van der Waals surface area contributed by atoms with Gasteiger partial charge in [-0.05, 0) is 42.7 Å². The highest BCUT2D eigenvalue weighted by molar-refractivity contribution is 7.89. The molecule has 0 N–H and O–H groups in total. The Morgan fingerprint density at radius 1 is 1.03 bits per heavy atom. The molecular weight excluding hydrogens is 402 g/mol. The van der Waals surface area contributed by atoms with Crippen molar-refractivity contribution < 1.29 is 8.42 Å². The summed E-state index contributed by atoms with van der Waals surface area (Å²) in [6.45, 7) is 5.71. The van der Waals surface area contributed by atoms with Gasteiger partial charge in [-0.3, -0.25) is 0 Å². The van der Waals surface area contributed by atoms with Gasteiger partial charge in [-0.25, -0.2) is 13.4 Å². The SMILES string of the molecule is C=CCn1c(-c2ccc(S(=O)(=O)N3CCCC3)cc2)csc1=Nc1ccccc1. The molecule has 29 heavy (non-hydrogen) atoms. The lowest BCUT2D eigenvalue weighted by atomic mass is 10.2. The van der Waals surface area contributed by atoms with Gasteiger partial charge >= 0.3 is 0 Å². The Balaban J connectivity index is 1.70. The molecule has 5 nitrogen and oxygen atoms in total. The summed E-state index contributed by atoms with van der Waals surface area (Å²) in [7, 11) is -3.40. The third-order valence-corrected chi connectivity index (χ3v) is 7.72. The molecule has 0 bridgehead atoms. The first-order valence-electron chi connectivity index (χ1n) is 9.59. The fourth-order valence-corrected chi connectivity index (χ4v) is 5.90. The van der Waals surface area contributed by atoms with Gasteiger partial charge in [-0.1, -0.05) is 36.4 Å². The van der Waals surface area contributed by atoms with E-state index in [0.29, 0.717) is 24.5 Å². The number of hydrogen-bond donors (Lipinski definition) is 0. The van der Waals surface area contributed by atoms with E-state index >= 15 is 0 Å². The van der Waals surface area contributed by atoms with Crippen LogP contribution in [0.15, 0.2) is 82.5 Å². The molecule has 1 aliphatic rings. The number of nitrogens with zero attached hydrogens (tertiary/aromatic N) is 3. The second-order valence-corrected chi connectivity index (χ2v) is 9.66. The van der Waals surface area contributed by atoms with Gasteiger partial charge < -0.3 is 4.57 Å². The van der Waals surface area contributed by atoms with Crippen molar-refractivity contribution >= 4 is 27.0 Å². The van der Waals surface area contributed by atoms with Crippen molar-refractivity contribution in [2.45, 2.75) is 24.3 Å². The zero-order chi connectivity index (χ0) is 20.3. The molecule has 7 heteroatoms. The molecule has 3 aromatic rings. The summed E-state index contributed by atoms with van der Waals surface area (Å²) in [6, 6.07) is 17.0. The Hall–Kier alpha value is -2.48. The monoisotopic (exact) mass is 425 g/mol. The Labute approximate surface area is 175 Å². The smallest absolute Gasteiger partial charge is 0.243 e. The summed E-state index contributed by atoms with van der Waals surface area (Å²) in [5.74, 6) is 0. The quantitative estimate of drug-likeness (QED) is 0.549. The van der Waals surface area contributed by atoms with Crippen LogP contribution in [0.25, 0.3) is 11.3 Å². The van der Waals surface area contributed by atoms with Crippen molar-refractivity contribution in [2.24, 2.45) is 4.99 Å². The fraction of sp³-hybridized carbons (Fsp3) is 0.227. The first-order chi connectivity index (χ1) is 14.1. The van der Waals surface area contributed by atoms with E-state index in [1.807, 2.05) is 48.5 Å². The van der Waals surface area contributed by atoms with Crippen LogP contribution in [0.5, 0.6) is 0 Å². The van der Waals surface area contributed by atoms with Crippen LogP contribution in [-0.4, -0.2) is 30.4 Å². The maximum atomic E-state index is 12.8. The Morgan fingerprint density at radius 2 is 1.72 bits per heavy atom. The van der Waals surface area contributed by atoms with E-state index in [-0.39, 0.29) is 0 Å². The number of thiazole rings is 1. The van der Waals surface area contributed by atoms with E-state index in [4.69, 9.17) is 4.99 Å². The summed E-state index contributed by atoms with van der Waals surface area (Å²) in [4.78, 5) is 5.97. The number of rotatable bonds is 6. The van der Waals surface area contributed by atoms with Crippen LogP contribution in [0.1, 0.15) is 12.8 Å². The largest absolute Gasteiger partial charge is 0.313 e. The molecule has 0 unspecified atom stereocenters. The number of para-hydroxylation sites is 1. The first-order valence-corrected chi connectivity index (χ1v) is 11.9. The van der Waals surface area contributed by atoms with Crippen LogP contribution in [0.4, 0.5) is 5.69 Å². The molecular formula is C22H23N3O2S2. The van der Waals surface area contributed by atoms with Crippen LogP contribution in [0.2, 0.25) is 0 Å². The van der Waals surface area contributed by atoms with Gasteiger partial charge in [0.05, 0.1) is 16.3 Å². The second-order valence-electron chi connectivity index (χ2n) is 6.89. The Kier molecular flexibility index (Phi) is 5.80. The second kappa shape index (κ2) is 8.49. The maximum Gasteiger partial charge on any atom is 0.243 e. The van der Waals surface area contributed by atoms with E-state index in [2.05, 4.69) is 16.5 Å². The van der Waals surface area contributed by atoms with Crippen molar-refractivity contribution in [1.82, 2.24) is 8.87 Å². The molecule has 2 aromatic carbocycles. The Morgan fingerprint density at radius 3 is 2.38 bits per heavy atom. The molecule has 2 heterocycles. The van der Waals surface area contributed by atoms with Gasteiger partial charge in [0.25, 0.3) is 0 Å². The number of sulfonamides is 1. The van der Waals surface area contributed by atoms with E-state index in [9.17, 15) is 8.42 Å². The highest BCUT2D eigenvalue weighted by atomic mass is 32.2. The molecule has 1 aliphatic heterocycles. The minimum Gasteiger partial charge on any atom is -0.313 e. The number of allylic oxidation sites excluding steroid dienone is 1. The molecule has 0 saturated carbocycles. The van der Waals surface area contributed by atoms with Crippen LogP contribution < -0.4 is 4.80 Å². The summed E-state index contributed by atoms with van der Waals surface area (Å²) < 4.78 is 29.2. The van der Waals surface area contributed by atoms with Crippen LogP contribution in [0.3, 0.4) is 0 Å². The minimum atomic E-state index is -3.40. The molecule has 1 saturated heterocycles.